The van der Waals surface area contributed by atoms with Crippen LogP contribution in [0.2, 0.25) is 0 Å². The number of carbonyl (C=O) groups is 1. The first-order valence-electron chi connectivity index (χ1n) is 7.76. The third-order valence-corrected chi connectivity index (χ3v) is 4.71. The Kier molecular flexibility index (Phi) is 6.11. The number of hydrogen-bond donors (Lipinski definition) is 1. The fourth-order valence-electron chi connectivity index (χ4n) is 2.73. The molecule has 0 atom stereocenters. The standard InChI is InChI=1S/C17H18N2O4S2/c18-22-23-25-15-11-12(17(20)24)10-14(19-8-4-5-9-19)16(15)21-13-6-2-1-3-7-13/h1-3,6-7,10-11H,4-5,8-9,18H2,(H,20,24)/p-1. The summed E-state index contributed by atoms with van der Waals surface area (Å²) < 4.78 is 10.9. The molecular weight excluding hydrogens is 360 g/mol. The summed E-state index contributed by atoms with van der Waals surface area (Å²) in [4.78, 5) is 18.7. The third kappa shape index (κ3) is 4.42. The van der Waals surface area contributed by atoms with Gasteiger partial charge < -0.3 is 27.1 Å². The summed E-state index contributed by atoms with van der Waals surface area (Å²) >= 11 is 5.69. The molecule has 0 radical (unpaired) electrons. The molecule has 2 aromatic carbocycles. The molecule has 3 rings (SSSR count). The molecule has 0 bridgehead atoms. The minimum atomic E-state index is -0.442. The second-order valence-electron chi connectivity index (χ2n) is 5.47. The molecule has 0 unspecified atom stereocenters. The lowest BCUT2D eigenvalue weighted by Gasteiger charge is -2.24. The van der Waals surface area contributed by atoms with Crippen LogP contribution in [0.1, 0.15) is 23.2 Å². The number of nitrogens with zero attached hydrogens (tertiary/aromatic N) is 1. The molecule has 0 aromatic heterocycles. The van der Waals surface area contributed by atoms with Gasteiger partial charge in [-0.1, -0.05) is 18.2 Å². The summed E-state index contributed by atoms with van der Waals surface area (Å²) in [6.45, 7) is 1.77. The average Bonchev–Trinajstić information content (AvgIpc) is 3.15. The fourth-order valence-corrected chi connectivity index (χ4v) is 3.35. The number of rotatable bonds is 7. The van der Waals surface area contributed by atoms with Crippen LogP contribution in [0.15, 0.2) is 47.4 Å². The topological polar surface area (TPSA) is 74.0 Å². The van der Waals surface area contributed by atoms with E-state index in [-0.39, 0.29) is 0 Å². The number of anilines is 1. The highest BCUT2D eigenvalue weighted by Gasteiger charge is 2.22. The molecule has 6 nitrogen and oxygen atoms in total. The number of carbonyl (C=O) groups excluding carboxylic acids is 1. The summed E-state index contributed by atoms with van der Waals surface area (Å²) in [5, 5.41) is -0.442. The normalized spacial score (nSPS) is 13.9. The highest BCUT2D eigenvalue weighted by atomic mass is 32.2. The Bertz CT molecular complexity index is 737. The van der Waals surface area contributed by atoms with Crippen LogP contribution in [0, 0.1) is 0 Å². The van der Waals surface area contributed by atoms with E-state index in [1.807, 2.05) is 30.3 Å². The van der Waals surface area contributed by atoms with Crippen molar-refractivity contribution >= 4 is 35.5 Å². The van der Waals surface area contributed by atoms with Gasteiger partial charge in [0.05, 0.1) is 22.6 Å². The lowest BCUT2D eigenvalue weighted by Crippen LogP contribution is -2.19. The van der Waals surface area contributed by atoms with Gasteiger partial charge in [0.15, 0.2) is 5.75 Å². The minimum absolute atomic E-state index is 0.403. The molecule has 1 aliphatic rings. The lowest BCUT2D eigenvalue weighted by molar-refractivity contribution is -0.195. The van der Waals surface area contributed by atoms with Crippen LogP contribution in [0.3, 0.4) is 0 Å². The SMILES string of the molecule is NOOSc1cc(C(=O)[S-])cc(N2CCCC2)c1Oc1ccccc1. The smallest absolute Gasteiger partial charge is 0.166 e. The van der Waals surface area contributed by atoms with Gasteiger partial charge in [-0.3, -0.25) is 0 Å². The molecule has 1 aliphatic heterocycles. The fraction of sp³-hybridized carbons (Fsp3) is 0.235. The highest BCUT2D eigenvalue weighted by molar-refractivity contribution is 7.94. The summed E-state index contributed by atoms with van der Waals surface area (Å²) in [5.41, 5.74) is 1.21. The van der Waals surface area contributed by atoms with Gasteiger partial charge in [-0.2, -0.15) is 5.90 Å². The largest absolute Gasteiger partial charge is 0.737 e. The molecule has 132 valence electrons. The zero-order valence-electron chi connectivity index (χ0n) is 13.3. The van der Waals surface area contributed by atoms with Crippen LogP contribution in [0.25, 0.3) is 0 Å². The Balaban J connectivity index is 2.07. The van der Waals surface area contributed by atoms with Crippen molar-refractivity contribution in [1.29, 1.82) is 0 Å². The number of nitrogens with two attached hydrogens (primary N) is 1. The molecule has 25 heavy (non-hydrogen) atoms. The minimum Gasteiger partial charge on any atom is -0.737 e. The van der Waals surface area contributed by atoms with E-state index in [9.17, 15) is 4.79 Å². The Morgan fingerprint density at radius 2 is 1.88 bits per heavy atom. The molecule has 1 saturated heterocycles. The second-order valence-corrected chi connectivity index (χ2v) is 6.58. The molecule has 1 fully saturated rings. The van der Waals surface area contributed by atoms with Crippen molar-refractivity contribution in [2.75, 3.05) is 18.0 Å². The van der Waals surface area contributed by atoms with Gasteiger partial charge in [0, 0.05) is 18.2 Å². The van der Waals surface area contributed by atoms with Crippen molar-refractivity contribution in [2.45, 2.75) is 17.7 Å². The second kappa shape index (κ2) is 8.50. The van der Waals surface area contributed by atoms with Gasteiger partial charge in [-0.05, 0) is 42.7 Å². The number of benzene rings is 2. The van der Waals surface area contributed by atoms with E-state index in [0.717, 1.165) is 43.7 Å². The van der Waals surface area contributed by atoms with E-state index in [0.29, 0.717) is 22.0 Å². The maximum atomic E-state index is 11.8. The molecule has 0 amide bonds. The van der Waals surface area contributed by atoms with E-state index in [4.69, 9.17) is 27.6 Å². The molecule has 0 spiro atoms. The van der Waals surface area contributed by atoms with E-state index in [1.54, 1.807) is 12.1 Å². The quantitative estimate of drug-likeness (QED) is 0.340. The van der Waals surface area contributed by atoms with Gasteiger partial charge >= 0.3 is 0 Å². The predicted octanol–water partition coefficient (Wildman–Crippen LogP) is 3.60. The summed E-state index contributed by atoms with van der Waals surface area (Å²) in [5.74, 6) is 6.21. The van der Waals surface area contributed by atoms with Crippen molar-refractivity contribution in [1.82, 2.24) is 0 Å². The van der Waals surface area contributed by atoms with Crippen LogP contribution in [-0.2, 0) is 22.0 Å². The Hall–Kier alpha value is -1.84. The van der Waals surface area contributed by atoms with Gasteiger partial charge in [-0.15, -0.1) is 9.32 Å². The van der Waals surface area contributed by atoms with Gasteiger partial charge in [0.25, 0.3) is 0 Å². The van der Waals surface area contributed by atoms with Crippen molar-refractivity contribution in [3.63, 3.8) is 0 Å². The van der Waals surface area contributed by atoms with Gasteiger partial charge in [-0.25, -0.2) is 0 Å². The van der Waals surface area contributed by atoms with E-state index in [1.165, 1.54) is 0 Å². The monoisotopic (exact) mass is 377 g/mol. The van der Waals surface area contributed by atoms with Crippen LogP contribution >= 0.6 is 12.0 Å². The first kappa shape index (κ1) is 18.0. The Labute approximate surface area is 155 Å². The van der Waals surface area contributed by atoms with E-state index in [2.05, 4.69) is 9.89 Å². The third-order valence-electron chi connectivity index (χ3n) is 3.84. The van der Waals surface area contributed by atoms with E-state index < -0.39 is 5.12 Å². The highest BCUT2D eigenvalue weighted by Crippen LogP contribution is 2.43. The number of ether oxygens (including phenoxy) is 1. The molecule has 0 aliphatic carbocycles. The van der Waals surface area contributed by atoms with Crippen LogP contribution in [0.5, 0.6) is 11.5 Å². The summed E-state index contributed by atoms with van der Waals surface area (Å²) in [6.07, 6.45) is 2.17. The predicted molar refractivity (Wildman–Crippen MR) is 98.3 cm³/mol. The van der Waals surface area contributed by atoms with E-state index >= 15 is 0 Å². The summed E-state index contributed by atoms with van der Waals surface area (Å²) in [7, 11) is 0. The molecule has 2 aromatic rings. The first-order chi connectivity index (χ1) is 12.2. The van der Waals surface area contributed by atoms with Crippen LogP contribution in [-0.4, -0.2) is 18.2 Å². The zero-order valence-corrected chi connectivity index (χ0v) is 15.0. The maximum absolute atomic E-state index is 11.8. The summed E-state index contributed by atoms with van der Waals surface area (Å²) in [6, 6.07) is 12.8. The Morgan fingerprint density at radius 1 is 1.16 bits per heavy atom. The lowest BCUT2D eigenvalue weighted by atomic mass is 10.1. The molecule has 1 heterocycles. The zero-order chi connectivity index (χ0) is 17.6. The molecule has 0 saturated carbocycles. The number of para-hydroxylation sites is 1. The molecule has 2 N–H and O–H groups in total. The van der Waals surface area contributed by atoms with Crippen molar-refractivity contribution < 1.29 is 18.9 Å². The van der Waals surface area contributed by atoms with Crippen molar-refractivity contribution in [3.05, 3.63) is 48.0 Å². The Morgan fingerprint density at radius 3 is 2.52 bits per heavy atom. The van der Waals surface area contributed by atoms with Gasteiger partial charge in [0.2, 0.25) is 0 Å². The maximum Gasteiger partial charge on any atom is 0.166 e. The average molecular weight is 377 g/mol. The molecular formula is C17H17N2O4S2-. The molecule has 8 heteroatoms. The van der Waals surface area contributed by atoms with Crippen LogP contribution < -0.4 is 15.5 Å². The van der Waals surface area contributed by atoms with Gasteiger partial charge in [0.1, 0.15) is 5.75 Å². The first-order valence-corrected chi connectivity index (χ1v) is 8.91. The van der Waals surface area contributed by atoms with Crippen molar-refractivity contribution in [3.8, 4) is 11.5 Å². The van der Waals surface area contributed by atoms with Crippen LogP contribution in [0.4, 0.5) is 5.69 Å². The van der Waals surface area contributed by atoms with Crippen molar-refractivity contribution in [2.24, 2.45) is 5.90 Å². The number of hydrogen-bond acceptors (Lipinski definition) is 8.